The van der Waals surface area contributed by atoms with Gasteiger partial charge in [-0.05, 0) is 64.6 Å². The molecular weight excluding hydrogens is 384 g/mol. The number of hydrogen-bond acceptors (Lipinski definition) is 3. The molecule has 0 unspecified atom stereocenters. The molecule has 1 aliphatic heterocycles. The van der Waals surface area contributed by atoms with E-state index < -0.39 is 5.97 Å². The molecule has 2 aromatic rings. The van der Waals surface area contributed by atoms with Crippen LogP contribution in [0.2, 0.25) is 0 Å². The fraction of sp³-hybridized carbons (Fsp3) is 0. The van der Waals surface area contributed by atoms with Crippen molar-refractivity contribution in [2.24, 2.45) is 4.99 Å². The molecule has 3 nitrogen and oxygen atoms in total. The third-order valence-corrected chi connectivity index (χ3v) is 3.52. The Morgan fingerprint density at radius 3 is 2.71 bits per heavy atom. The van der Waals surface area contributed by atoms with Gasteiger partial charge in [-0.3, -0.25) is 0 Å². The number of esters is 1. The predicted octanol–water partition coefficient (Wildman–Crippen LogP) is 3.77. The van der Waals surface area contributed by atoms with Crippen molar-refractivity contribution in [1.82, 2.24) is 0 Å². The highest BCUT2D eigenvalue weighted by Gasteiger charge is 2.24. The summed E-state index contributed by atoms with van der Waals surface area (Å²) in [5, 5.41) is 0. The van der Waals surface area contributed by atoms with Crippen LogP contribution in [0.3, 0.4) is 0 Å². The van der Waals surface area contributed by atoms with E-state index in [0.29, 0.717) is 5.56 Å². The maximum atomic E-state index is 13.1. The first kappa shape index (κ1) is 13.9. The van der Waals surface area contributed by atoms with Crippen molar-refractivity contribution in [1.29, 1.82) is 0 Å². The molecule has 0 amide bonds. The molecule has 1 aliphatic rings. The van der Waals surface area contributed by atoms with Gasteiger partial charge in [0.15, 0.2) is 5.70 Å². The molecule has 21 heavy (non-hydrogen) atoms. The molecule has 0 radical (unpaired) electrons. The third-order valence-electron chi connectivity index (χ3n) is 2.84. The monoisotopic (exact) mass is 393 g/mol. The van der Waals surface area contributed by atoms with E-state index in [1.807, 2.05) is 24.3 Å². The SMILES string of the molecule is O=C1OC(c2cccc(I)c2)=N/C1=C\c1cccc(F)c1. The summed E-state index contributed by atoms with van der Waals surface area (Å²) in [4.78, 5) is 16.0. The van der Waals surface area contributed by atoms with Crippen LogP contribution in [-0.4, -0.2) is 11.9 Å². The fourth-order valence-corrected chi connectivity index (χ4v) is 2.45. The largest absolute Gasteiger partial charge is 0.402 e. The summed E-state index contributed by atoms with van der Waals surface area (Å²) in [5.41, 5.74) is 1.46. The zero-order chi connectivity index (χ0) is 14.8. The Morgan fingerprint density at radius 2 is 1.95 bits per heavy atom. The molecule has 0 saturated heterocycles. The van der Waals surface area contributed by atoms with Gasteiger partial charge in [0.05, 0.1) is 0 Å². The number of ether oxygens (including phenoxy) is 1. The summed E-state index contributed by atoms with van der Waals surface area (Å²) in [7, 11) is 0. The van der Waals surface area contributed by atoms with Crippen molar-refractivity contribution in [3.8, 4) is 0 Å². The second-order valence-electron chi connectivity index (χ2n) is 4.40. The smallest absolute Gasteiger partial charge is 0.363 e. The minimum atomic E-state index is -0.534. The maximum absolute atomic E-state index is 13.1. The third kappa shape index (κ3) is 3.18. The maximum Gasteiger partial charge on any atom is 0.363 e. The van der Waals surface area contributed by atoms with Crippen molar-refractivity contribution in [3.05, 3.63) is 74.7 Å². The normalized spacial score (nSPS) is 16.0. The highest BCUT2D eigenvalue weighted by molar-refractivity contribution is 14.1. The number of rotatable bonds is 2. The van der Waals surface area contributed by atoms with Gasteiger partial charge in [0, 0.05) is 9.13 Å². The second kappa shape index (κ2) is 5.77. The lowest BCUT2D eigenvalue weighted by molar-refractivity contribution is -0.129. The number of benzene rings is 2. The average Bonchev–Trinajstić information content (AvgIpc) is 2.80. The molecule has 0 bridgehead atoms. The van der Waals surface area contributed by atoms with Crippen LogP contribution in [-0.2, 0) is 9.53 Å². The average molecular weight is 393 g/mol. The van der Waals surface area contributed by atoms with Crippen molar-refractivity contribution in [3.63, 3.8) is 0 Å². The van der Waals surface area contributed by atoms with E-state index >= 15 is 0 Å². The van der Waals surface area contributed by atoms with Crippen LogP contribution in [0.25, 0.3) is 6.08 Å². The molecule has 104 valence electrons. The molecule has 5 heteroatoms. The van der Waals surface area contributed by atoms with Gasteiger partial charge in [-0.1, -0.05) is 18.2 Å². The Bertz CT molecular complexity index is 783. The number of cyclic esters (lactones) is 1. The minimum Gasteiger partial charge on any atom is -0.402 e. The van der Waals surface area contributed by atoms with Gasteiger partial charge in [0.2, 0.25) is 5.90 Å². The van der Waals surface area contributed by atoms with E-state index in [4.69, 9.17) is 4.74 Å². The highest BCUT2D eigenvalue weighted by atomic mass is 127. The van der Waals surface area contributed by atoms with Gasteiger partial charge in [-0.25, -0.2) is 14.2 Å². The van der Waals surface area contributed by atoms with Crippen molar-refractivity contribution in [2.45, 2.75) is 0 Å². The van der Waals surface area contributed by atoms with Gasteiger partial charge in [-0.15, -0.1) is 0 Å². The topological polar surface area (TPSA) is 38.7 Å². The Labute approximate surface area is 134 Å². The van der Waals surface area contributed by atoms with Crippen LogP contribution in [0.1, 0.15) is 11.1 Å². The predicted molar refractivity (Wildman–Crippen MR) is 86.2 cm³/mol. The van der Waals surface area contributed by atoms with Crippen LogP contribution in [0, 0.1) is 9.39 Å². The van der Waals surface area contributed by atoms with E-state index in [0.717, 1.165) is 9.13 Å². The number of carbonyl (C=O) groups is 1. The summed E-state index contributed by atoms with van der Waals surface area (Å²) in [6, 6.07) is 13.4. The Balaban J connectivity index is 1.95. The standard InChI is InChI=1S/C16H9FINO2/c17-12-5-1-3-10(7-12)8-14-16(20)21-15(19-14)11-4-2-6-13(18)9-11/h1-9H/b14-8-. The zero-order valence-electron chi connectivity index (χ0n) is 10.7. The van der Waals surface area contributed by atoms with Crippen molar-refractivity contribution in [2.75, 3.05) is 0 Å². The zero-order valence-corrected chi connectivity index (χ0v) is 12.9. The first-order valence-electron chi connectivity index (χ1n) is 6.16. The fourth-order valence-electron chi connectivity index (χ4n) is 1.91. The van der Waals surface area contributed by atoms with Crippen LogP contribution >= 0.6 is 22.6 Å². The number of hydrogen-bond donors (Lipinski definition) is 0. The molecule has 0 spiro atoms. The molecule has 2 aromatic carbocycles. The summed E-state index contributed by atoms with van der Waals surface area (Å²) in [6.45, 7) is 0. The molecule has 0 fully saturated rings. The van der Waals surface area contributed by atoms with E-state index in [-0.39, 0.29) is 17.4 Å². The Kier molecular flexibility index (Phi) is 3.83. The Hall–Kier alpha value is -2.02. The van der Waals surface area contributed by atoms with E-state index in [1.165, 1.54) is 18.2 Å². The molecular formula is C16H9FINO2. The second-order valence-corrected chi connectivity index (χ2v) is 5.65. The molecule has 0 atom stereocenters. The Morgan fingerprint density at radius 1 is 1.14 bits per heavy atom. The quantitative estimate of drug-likeness (QED) is 0.443. The van der Waals surface area contributed by atoms with E-state index in [1.54, 1.807) is 12.1 Å². The van der Waals surface area contributed by atoms with Crippen molar-refractivity contribution >= 4 is 40.5 Å². The summed E-state index contributed by atoms with van der Waals surface area (Å²) in [6.07, 6.45) is 1.51. The lowest BCUT2D eigenvalue weighted by Crippen LogP contribution is -2.05. The van der Waals surface area contributed by atoms with Crippen LogP contribution in [0.4, 0.5) is 4.39 Å². The highest BCUT2D eigenvalue weighted by Crippen LogP contribution is 2.20. The first-order chi connectivity index (χ1) is 10.1. The molecule has 1 heterocycles. The minimum absolute atomic E-state index is 0.162. The molecule has 0 N–H and O–H groups in total. The lowest BCUT2D eigenvalue weighted by Gasteiger charge is -1.99. The van der Waals surface area contributed by atoms with E-state index in [9.17, 15) is 9.18 Å². The van der Waals surface area contributed by atoms with Crippen molar-refractivity contribution < 1.29 is 13.9 Å². The van der Waals surface area contributed by atoms with Gasteiger partial charge in [0.25, 0.3) is 0 Å². The molecule has 0 aromatic heterocycles. The summed E-state index contributed by atoms with van der Waals surface area (Å²) < 4.78 is 19.3. The first-order valence-corrected chi connectivity index (χ1v) is 7.24. The van der Waals surface area contributed by atoms with Crippen LogP contribution < -0.4 is 0 Å². The summed E-state index contributed by atoms with van der Waals surface area (Å²) >= 11 is 2.17. The number of halogens is 2. The molecule has 0 saturated carbocycles. The van der Waals surface area contributed by atoms with Gasteiger partial charge < -0.3 is 4.74 Å². The molecule has 0 aliphatic carbocycles. The molecule has 3 rings (SSSR count). The summed E-state index contributed by atoms with van der Waals surface area (Å²) in [5.74, 6) is -0.633. The van der Waals surface area contributed by atoms with Gasteiger partial charge in [0.1, 0.15) is 5.82 Å². The number of nitrogens with zero attached hydrogens (tertiary/aromatic N) is 1. The van der Waals surface area contributed by atoms with E-state index in [2.05, 4.69) is 27.6 Å². The number of aliphatic imine (C=N–C) groups is 1. The van der Waals surface area contributed by atoms with Crippen LogP contribution in [0.15, 0.2) is 59.2 Å². The lowest BCUT2D eigenvalue weighted by atomic mass is 10.2. The van der Waals surface area contributed by atoms with Gasteiger partial charge >= 0.3 is 5.97 Å². The van der Waals surface area contributed by atoms with Gasteiger partial charge in [-0.2, -0.15) is 0 Å². The number of carbonyl (C=O) groups excluding carboxylic acids is 1. The van der Waals surface area contributed by atoms with Crippen LogP contribution in [0.5, 0.6) is 0 Å².